The largest absolute Gasteiger partial charge is 0.257 e. The number of rotatable bonds is 1. The summed E-state index contributed by atoms with van der Waals surface area (Å²) in [6, 6.07) is 2.16. The molecule has 1 heteroatoms. The predicted octanol–water partition coefficient (Wildman–Crippen LogP) is 7.40. The van der Waals surface area contributed by atoms with Crippen LogP contribution in [0.25, 0.3) is 6.08 Å². The van der Waals surface area contributed by atoms with Crippen molar-refractivity contribution in [1.82, 2.24) is 4.98 Å². The van der Waals surface area contributed by atoms with E-state index in [1.54, 1.807) is 0 Å². The first-order chi connectivity index (χ1) is 9.35. The van der Waals surface area contributed by atoms with Gasteiger partial charge in [-0.25, -0.2) is 0 Å². The summed E-state index contributed by atoms with van der Waals surface area (Å²) in [5.74, 6) is 0.833. The van der Waals surface area contributed by atoms with Crippen molar-refractivity contribution in [2.24, 2.45) is 5.92 Å². The molecule has 0 bridgehead atoms. The second-order valence-corrected chi connectivity index (χ2v) is 6.21. The Labute approximate surface area is 141 Å². The van der Waals surface area contributed by atoms with Crippen LogP contribution in [-0.2, 0) is 6.42 Å². The summed E-state index contributed by atoms with van der Waals surface area (Å²) < 4.78 is 0. The average molecular weight is 308 g/mol. The number of hydrogen-bond acceptors (Lipinski definition) is 1. The van der Waals surface area contributed by atoms with E-state index in [1.165, 1.54) is 28.8 Å². The zero-order valence-electron chi connectivity index (χ0n) is 14.8. The molecule has 0 aliphatic heterocycles. The molecule has 0 spiro atoms. The van der Waals surface area contributed by atoms with Gasteiger partial charge in [0.25, 0.3) is 0 Å². The minimum absolute atomic E-state index is 0. The second-order valence-electron chi connectivity index (χ2n) is 6.21. The number of fused-ring (bicyclic) bond motifs is 1. The van der Waals surface area contributed by atoms with Crippen LogP contribution in [0.1, 0.15) is 91.8 Å². The summed E-state index contributed by atoms with van der Waals surface area (Å²) in [5, 5.41) is 0. The molecule has 1 heterocycles. The molecule has 0 radical (unpaired) electrons. The first-order valence-electron chi connectivity index (χ1n) is 8.02. The Bertz CT molecular complexity index is 425. The lowest BCUT2D eigenvalue weighted by atomic mass is 10.1. The van der Waals surface area contributed by atoms with Crippen molar-refractivity contribution < 1.29 is 0 Å². The van der Waals surface area contributed by atoms with E-state index in [0.29, 0.717) is 0 Å². The second kappa shape index (κ2) is 13.5. The summed E-state index contributed by atoms with van der Waals surface area (Å²) in [5.41, 5.74) is 6.65. The molecule has 1 aromatic heterocycles. The fourth-order valence-corrected chi connectivity index (χ4v) is 1.95. The van der Waals surface area contributed by atoms with Gasteiger partial charge in [-0.15, -0.1) is 0 Å². The molecule has 0 unspecified atom stereocenters. The van der Waals surface area contributed by atoms with E-state index in [2.05, 4.69) is 72.5 Å². The Hall–Kier alpha value is -1.11. The molecular weight excluding hydrogens is 266 g/mol. The van der Waals surface area contributed by atoms with Gasteiger partial charge in [-0.3, -0.25) is 4.98 Å². The van der Waals surface area contributed by atoms with Crippen LogP contribution in [0.4, 0.5) is 0 Å². The predicted molar refractivity (Wildman–Crippen MR) is 106 cm³/mol. The van der Waals surface area contributed by atoms with Gasteiger partial charge in [-0.2, -0.15) is 0 Å². The highest BCUT2D eigenvalue weighted by molar-refractivity contribution is 5.64. The zero-order valence-corrected chi connectivity index (χ0v) is 14.8. The molecule has 0 amide bonds. The van der Waals surface area contributed by atoms with Crippen LogP contribution in [0.3, 0.4) is 0 Å². The topological polar surface area (TPSA) is 12.9 Å². The van der Waals surface area contributed by atoms with Crippen molar-refractivity contribution in [3.63, 3.8) is 0 Å². The Morgan fingerprint density at radius 1 is 1.05 bits per heavy atom. The monoisotopic (exact) mass is 307 g/mol. The first-order valence-corrected chi connectivity index (χ1v) is 8.02. The quantitative estimate of drug-likeness (QED) is 0.526. The molecule has 0 saturated heterocycles. The van der Waals surface area contributed by atoms with Crippen molar-refractivity contribution in [3.8, 4) is 0 Å². The summed E-state index contributed by atoms with van der Waals surface area (Å²) in [4.78, 5) is 4.56. The van der Waals surface area contributed by atoms with Crippen LogP contribution >= 0.6 is 0 Å². The van der Waals surface area contributed by atoms with Crippen LogP contribution < -0.4 is 0 Å². The van der Waals surface area contributed by atoms with Gasteiger partial charge >= 0.3 is 0 Å². The lowest BCUT2D eigenvalue weighted by Crippen LogP contribution is -1.94. The molecule has 0 N–H and O–H groups in total. The van der Waals surface area contributed by atoms with Gasteiger partial charge in [0.2, 0.25) is 0 Å². The summed E-state index contributed by atoms with van der Waals surface area (Å²) >= 11 is 0. The van der Waals surface area contributed by atoms with Crippen molar-refractivity contribution in [3.05, 3.63) is 34.2 Å². The Morgan fingerprint density at radius 3 is 1.91 bits per heavy atom. The summed E-state index contributed by atoms with van der Waals surface area (Å²) in [6.45, 7) is 17.2. The van der Waals surface area contributed by atoms with Crippen LogP contribution in [0.2, 0.25) is 0 Å². The van der Waals surface area contributed by atoms with Gasteiger partial charge in [0, 0.05) is 12.1 Å². The lowest BCUT2D eigenvalue weighted by Gasteiger charge is -2.03. The van der Waals surface area contributed by atoms with Crippen LogP contribution in [0.5, 0.6) is 0 Å². The third-order valence-electron chi connectivity index (χ3n) is 2.67. The Balaban J connectivity index is -0.000000347. The smallest absolute Gasteiger partial charge is 0.0522 e. The summed E-state index contributed by atoms with van der Waals surface area (Å²) in [7, 11) is 0. The lowest BCUT2D eigenvalue weighted by molar-refractivity contribution is 0.737. The molecule has 0 aromatic carbocycles. The standard InChI is InChI=1S/C12H15N.C4H10.C3H8.2CH4/c1-4-10-6-11-8(2)5-9(3)13-12(11)7-10;1-4(2)3;1-3-2;;/h5-6H,4,7H2,1-3H3;4H,1-3H3;3H2,1-2H3;2*1H4. The molecule has 0 saturated carbocycles. The fraction of sp³-hybridized carbons (Fsp3) is 0.667. The third kappa shape index (κ3) is 9.76. The highest BCUT2D eigenvalue weighted by Crippen LogP contribution is 2.27. The molecule has 0 atom stereocenters. The highest BCUT2D eigenvalue weighted by atomic mass is 14.7. The van der Waals surface area contributed by atoms with Crippen molar-refractivity contribution >= 4 is 6.08 Å². The fourth-order valence-electron chi connectivity index (χ4n) is 1.95. The molecule has 0 fully saturated rings. The van der Waals surface area contributed by atoms with Gasteiger partial charge < -0.3 is 0 Å². The summed E-state index contributed by atoms with van der Waals surface area (Å²) in [6.07, 6.45) is 5.76. The van der Waals surface area contributed by atoms with Crippen molar-refractivity contribution in [2.75, 3.05) is 0 Å². The van der Waals surface area contributed by atoms with E-state index in [-0.39, 0.29) is 14.9 Å². The van der Waals surface area contributed by atoms with Gasteiger partial charge in [0.05, 0.1) is 5.69 Å². The highest BCUT2D eigenvalue weighted by Gasteiger charge is 2.14. The molecular formula is C21H41N. The maximum atomic E-state index is 4.56. The van der Waals surface area contributed by atoms with E-state index < -0.39 is 0 Å². The Kier molecular flexibility index (Phi) is 15.9. The van der Waals surface area contributed by atoms with Gasteiger partial charge in [0.1, 0.15) is 0 Å². The molecule has 130 valence electrons. The van der Waals surface area contributed by atoms with E-state index >= 15 is 0 Å². The van der Waals surface area contributed by atoms with E-state index in [9.17, 15) is 0 Å². The SMILES string of the molecule is C.C.CC(C)C.CCC.CCC1=Cc2c(C)cc(C)nc2C1. The first kappa shape index (κ1) is 25.8. The number of pyridine rings is 1. The molecule has 2 rings (SSSR count). The van der Waals surface area contributed by atoms with Crippen LogP contribution in [0.15, 0.2) is 11.6 Å². The third-order valence-corrected chi connectivity index (χ3v) is 2.67. The number of hydrogen-bond donors (Lipinski definition) is 0. The van der Waals surface area contributed by atoms with Gasteiger partial charge in [0.15, 0.2) is 0 Å². The van der Waals surface area contributed by atoms with Crippen molar-refractivity contribution in [1.29, 1.82) is 0 Å². The normalized spacial score (nSPS) is 10.9. The molecule has 1 aliphatic rings. The minimum Gasteiger partial charge on any atom is -0.257 e. The van der Waals surface area contributed by atoms with Crippen LogP contribution in [0, 0.1) is 19.8 Å². The van der Waals surface area contributed by atoms with E-state index in [1.807, 2.05) is 0 Å². The number of allylic oxidation sites excluding steroid dienone is 1. The van der Waals surface area contributed by atoms with Crippen LogP contribution in [-0.4, -0.2) is 4.98 Å². The van der Waals surface area contributed by atoms with Crippen molar-refractivity contribution in [2.45, 2.75) is 89.5 Å². The average Bonchev–Trinajstić information content (AvgIpc) is 2.72. The number of aromatic nitrogens is 1. The number of nitrogens with zero attached hydrogens (tertiary/aromatic N) is 1. The molecule has 22 heavy (non-hydrogen) atoms. The molecule has 1 aromatic rings. The van der Waals surface area contributed by atoms with Gasteiger partial charge in [-0.05, 0) is 43.4 Å². The molecule has 1 aliphatic carbocycles. The maximum Gasteiger partial charge on any atom is 0.0522 e. The van der Waals surface area contributed by atoms with Gasteiger partial charge in [-0.1, -0.05) is 74.5 Å². The Morgan fingerprint density at radius 2 is 1.50 bits per heavy atom. The maximum absolute atomic E-state index is 4.56. The van der Waals surface area contributed by atoms with E-state index in [4.69, 9.17) is 0 Å². The minimum atomic E-state index is 0. The van der Waals surface area contributed by atoms with E-state index in [0.717, 1.165) is 24.5 Å². The molecule has 1 nitrogen and oxygen atoms in total. The zero-order chi connectivity index (χ0) is 15.7. The number of aryl methyl sites for hydroxylation is 2.